The fourth-order valence-corrected chi connectivity index (χ4v) is 5.72. The predicted octanol–water partition coefficient (Wildman–Crippen LogP) is 4.09. The largest absolute Gasteiger partial charge is 0.434 e. The summed E-state index contributed by atoms with van der Waals surface area (Å²) in [6.07, 6.45) is 5.84. The number of hydrogen-bond acceptors (Lipinski definition) is 5. The molecule has 5 heteroatoms. The van der Waals surface area contributed by atoms with Gasteiger partial charge in [-0.25, -0.2) is 0 Å². The van der Waals surface area contributed by atoms with Crippen LogP contribution in [0.15, 0.2) is 30.0 Å². The molecule has 0 amide bonds. The molecule has 0 unspecified atom stereocenters. The number of carbonyl (C=O) groups is 3. The molecule has 5 nitrogen and oxygen atoms in total. The molecular formula is C23H26O5. The topological polar surface area (TPSA) is 69.7 Å². The van der Waals surface area contributed by atoms with Crippen molar-refractivity contribution in [2.75, 3.05) is 0 Å². The van der Waals surface area contributed by atoms with Crippen molar-refractivity contribution >= 4 is 17.7 Å². The fraction of sp³-hybridized carbons (Fsp3) is 0.522. The third-order valence-corrected chi connectivity index (χ3v) is 6.97. The highest BCUT2D eigenvalue weighted by atomic mass is 16.5. The zero-order valence-corrected chi connectivity index (χ0v) is 16.6. The summed E-state index contributed by atoms with van der Waals surface area (Å²) in [4.78, 5) is 35.4. The first-order chi connectivity index (χ1) is 13.3. The number of ketones is 1. The lowest BCUT2D eigenvalue weighted by Gasteiger charge is -2.48. The van der Waals surface area contributed by atoms with Crippen molar-refractivity contribution in [2.24, 2.45) is 17.3 Å². The molecule has 2 saturated carbocycles. The Morgan fingerprint density at radius 3 is 2.68 bits per heavy atom. The Hall–Kier alpha value is -2.43. The second-order valence-electron chi connectivity index (χ2n) is 8.61. The van der Waals surface area contributed by atoms with E-state index in [1.165, 1.54) is 31.2 Å². The molecular weight excluding hydrogens is 356 g/mol. The van der Waals surface area contributed by atoms with Gasteiger partial charge in [-0.15, -0.1) is 0 Å². The molecule has 3 aliphatic rings. The first-order valence-electron chi connectivity index (χ1n) is 10.0. The van der Waals surface area contributed by atoms with Gasteiger partial charge in [0.15, 0.2) is 5.78 Å². The highest BCUT2D eigenvalue weighted by Crippen LogP contribution is 2.60. The van der Waals surface area contributed by atoms with Gasteiger partial charge in [0.05, 0.1) is 0 Å². The number of Topliss-reactive ketones (excluding diaryl/α,β-unsaturated/α-hetero) is 1. The summed E-state index contributed by atoms with van der Waals surface area (Å²) in [6, 6.07) is 5.97. The van der Waals surface area contributed by atoms with Crippen molar-refractivity contribution in [2.45, 2.75) is 58.8 Å². The highest BCUT2D eigenvalue weighted by Gasteiger charge is 2.56. The van der Waals surface area contributed by atoms with E-state index in [2.05, 4.69) is 13.0 Å². The van der Waals surface area contributed by atoms with E-state index in [-0.39, 0.29) is 23.1 Å². The molecule has 2 fully saturated rings. The Bertz CT molecular complexity index is 883. The van der Waals surface area contributed by atoms with E-state index in [1.54, 1.807) is 0 Å². The van der Waals surface area contributed by atoms with Gasteiger partial charge in [0.1, 0.15) is 12.0 Å². The van der Waals surface area contributed by atoms with Crippen molar-refractivity contribution in [3.05, 3.63) is 41.2 Å². The van der Waals surface area contributed by atoms with Gasteiger partial charge in [-0.3, -0.25) is 14.4 Å². The lowest BCUT2D eigenvalue weighted by molar-refractivity contribution is -0.135. The van der Waals surface area contributed by atoms with Gasteiger partial charge in [-0.2, -0.15) is 0 Å². The minimum atomic E-state index is -0.395. The van der Waals surface area contributed by atoms with E-state index < -0.39 is 5.97 Å². The number of fused-ring (bicyclic) bond motifs is 5. The summed E-state index contributed by atoms with van der Waals surface area (Å²) in [5, 5.41) is 0. The average molecular weight is 382 g/mol. The Labute approximate surface area is 165 Å². The van der Waals surface area contributed by atoms with E-state index in [9.17, 15) is 14.4 Å². The Balaban J connectivity index is 1.61. The number of allylic oxidation sites excluding steroid dienone is 1. The van der Waals surface area contributed by atoms with Gasteiger partial charge in [0.25, 0.3) is 0 Å². The third-order valence-electron chi connectivity index (χ3n) is 6.97. The molecule has 4 rings (SSSR count). The average Bonchev–Trinajstić information content (AvgIpc) is 2.90. The predicted molar refractivity (Wildman–Crippen MR) is 103 cm³/mol. The third kappa shape index (κ3) is 3.07. The Kier molecular flexibility index (Phi) is 4.64. The second-order valence-corrected chi connectivity index (χ2v) is 8.61. The van der Waals surface area contributed by atoms with E-state index in [1.807, 2.05) is 12.1 Å². The lowest BCUT2D eigenvalue weighted by atomic mass is 9.55. The molecule has 0 radical (unpaired) electrons. The van der Waals surface area contributed by atoms with Crippen LogP contribution in [0.4, 0.5) is 0 Å². The van der Waals surface area contributed by atoms with Crippen LogP contribution >= 0.6 is 0 Å². The van der Waals surface area contributed by atoms with E-state index in [0.717, 1.165) is 25.7 Å². The molecule has 0 saturated heterocycles. The second kappa shape index (κ2) is 6.87. The van der Waals surface area contributed by atoms with Crippen LogP contribution in [0.2, 0.25) is 0 Å². The van der Waals surface area contributed by atoms with Crippen molar-refractivity contribution < 1.29 is 23.9 Å². The molecule has 0 aromatic heterocycles. The molecule has 0 aliphatic heterocycles. The molecule has 1 aromatic carbocycles. The van der Waals surface area contributed by atoms with Crippen LogP contribution in [-0.4, -0.2) is 17.7 Å². The maximum atomic E-state index is 13.0. The van der Waals surface area contributed by atoms with Crippen molar-refractivity contribution in [3.8, 4) is 5.75 Å². The number of hydrogen-bond donors (Lipinski definition) is 0. The number of esters is 2. The molecule has 4 atom stereocenters. The molecule has 1 aromatic rings. The van der Waals surface area contributed by atoms with Crippen LogP contribution in [0, 0.1) is 17.3 Å². The standard InChI is InChI=1S/C23H26O5/c1-13(24)27-12-16-11-21-20-6-4-15-10-17(28-14(2)25)5-7-18(15)19(20)8-9-23(21,3)22(16)26/h5,7,10,12,19-21H,4,6,8-9,11H2,1-3H3/t19-,20-,21+,23+/m1/s1. The van der Waals surface area contributed by atoms with Crippen LogP contribution in [0.5, 0.6) is 5.75 Å². The van der Waals surface area contributed by atoms with Gasteiger partial charge < -0.3 is 9.47 Å². The van der Waals surface area contributed by atoms with E-state index in [4.69, 9.17) is 9.47 Å². The van der Waals surface area contributed by atoms with Crippen molar-refractivity contribution in [1.82, 2.24) is 0 Å². The van der Waals surface area contributed by atoms with E-state index >= 15 is 0 Å². The minimum absolute atomic E-state index is 0.146. The maximum absolute atomic E-state index is 13.0. The SMILES string of the molecule is CC(=O)OC=C1C[C@H]2[C@@H]3CCc4cc(OC(C)=O)ccc4[C@H]3CC[C@]2(C)C1=O. The quantitative estimate of drug-likeness (QED) is 0.333. The number of benzene rings is 1. The van der Waals surface area contributed by atoms with Gasteiger partial charge in [0.2, 0.25) is 0 Å². The summed E-state index contributed by atoms with van der Waals surface area (Å²) in [5.74, 6) is 1.20. The Morgan fingerprint density at radius 1 is 1.18 bits per heavy atom. The molecule has 28 heavy (non-hydrogen) atoms. The maximum Gasteiger partial charge on any atom is 0.308 e. The summed E-state index contributed by atoms with van der Waals surface area (Å²) < 4.78 is 10.3. The molecule has 0 spiro atoms. The zero-order valence-electron chi connectivity index (χ0n) is 16.6. The van der Waals surface area contributed by atoms with Crippen LogP contribution < -0.4 is 4.74 Å². The first kappa shape index (κ1) is 18.9. The summed E-state index contributed by atoms with van der Waals surface area (Å²) >= 11 is 0. The molecule has 0 N–H and O–H groups in total. The molecule has 0 bridgehead atoms. The van der Waals surface area contributed by atoms with Gasteiger partial charge >= 0.3 is 11.9 Å². The number of rotatable bonds is 2. The monoisotopic (exact) mass is 382 g/mol. The smallest absolute Gasteiger partial charge is 0.308 e. The van der Waals surface area contributed by atoms with Gasteiger partial charge in [0, 0.05) is 24.8 Å². The summed E-state index contributed by atoms with van der Waals surface area (Å²) in [7, 11) is 0. The van der Waals surface area contributed by atoms with Crippen LogP contribution in [0.3, 0.4) is 0 Å². The summed E-state index contributed by atoms with van der Waals surface area (Å²) in [5.41, 5.74) is 2.88. The minimum Gasteiger partial charge on any atom is -0.434 e. The number of carbonyl (C=O) groups excluding carboxylic acids is 3. The summed E-state index contributed by atoms with van der Waals surface area (Å²) in [6.45, 7) is 4.85. The van der Waals surface area contributed by atoms with Crippen molar-refractivity contribution in [3.63, 3.8) is 0 Å². The van der Waals surface area contributed by atoms with Crippen LogP contribution in [0.25, 0.3) is 0 Å². The fourth-order valence-electron chi connectivity index (χ4n) is 5.72. The normalized spacial score (nSPS) is 32.3. The van der Waals surface area contributed by atoms with Crippen LogP contribution in [0.1, 0.15) is 63.5 Å². The first-order valence-corrected chi connectivity index (χ1v) is 10.0. The van der Waals surface area contributed by atoms with Crippen LogP contribution in [-0.2, 0) is 25.5 Å². The highest BCUT2D eigenvalue weighted by molar-refractivity contribution is 6.02. The molecule has 0 heterocycles. The molecule has 3 aliphatic carbocycles. The van der Waals surface area contributed by atoms with Gasteiger partial charge in [-0.05, 0) is 73.1 Å². The number of ether oxygens (including phenoxy) is 2. The molecule has 148 valence electrons. The van der Waals surface area contributed by atoms with Gasteiger partial charge in [-0.1, -0.05) is 13.0 Å². The number of aryl methyl sites for hydroxylation is 1. The zero-order chi connectivity index (χ0) is 20.1. The van der Waals surface area contributed by atoms with E-state index in [0.29, 0.717) is 29.6 Å². The Morgan fingerprint density at radius 2 is 1.96 bits per heavy atom. The van der Waals surface area contributed by atoms with Crippen molar-refractivity contribution in [1.29, 1.82) is 0 Å². The lowest BCUT2D eigenvalue weighted by Crippen LogP contribution is -2.42.